The third-order valence-corrected chi connectivity index (χ3v) is 10.9. The van der Waals surface area contributed by atoms with Gasteiger partial charge in [-0.05, 0) is 0 Å². The van der Waals surface area contributed by atoms with Crippen LogP contribution >= 0.6 is 0 Å². The maximum atomic E-state index is 2.41. The van der Waals surface area contributed by atoms with Crippen molar-refractivity contribution in [2.75, 3.05) is 0 Å². The molecule has 3 aliphatic rings. The van der Waals surface area contributed by atoms with E-state index in [9.17, 15) is 0 Å². The first-order valence-corrected chi connectivity index (χ1v) is 8.91. The van der Waals surface area contributed by atoms with Crippen molar-refractivity contribution in [3.8, 4) is 0 Å². The summed E-state index contributed by atoms with van der Waals surface area (Å²) in [6.07, 6.45) is 16.5. The molecule has 2 aliphatic carbocycles. The van der Waals surface area contributed by atoms with Gasteiger partial charge in [0, 0.05) is 0 Å². The van der Waals surface area contributed by atoms with Crippen LogP contribution in [0.3, 0.4) is 0 Å². The van der Waals surface area contributed by atoms with Crippen molar-refractivity contribution in [1.29, 1.82) is 0 Å². The van der Waals surface area contributed by atoms with Gasteiger partial charge in [-0.1, -0.05) is 0 Å². The Kier molecular flexibility index (Phi) is 1.75. The van der Waals surface area contributed by atoms with Gasteiger partial charge in [0.25, 0.3) is 0 Å². The number of allylic oxidation sites excluding steroid dienone is 8. The van der Waals surface area contributed by atoms with E-state index in [4.69, 9.17) is 0 Å². The molecule has 1 saturated heterocycles. The van der Waals surface area contributed by atoms with Crippen molar-refractivity contribution >= 4 is 0 Å². The second kappa shape index (κ2) is 2.83. The minimum atomic E-state index is -1.51. The van der Waals surface area contributed by atoms with Crippen molar-refractivity contribution in [2.24, 2.45) is 0 Å². The summed E-state index contributed by atoms with van der Waals surface area (Å²) < 4.78 is 6.83. The fraction of sp³-hybridized carbons (Fsp3) is 0.333. The van der Waals surface area contributed by atoms with E-state index in [-0.39, 0.29) is 0 Å². The normalized spacial score (nSPS) is 27.7. The molecule has 1 fully saturated rings. The average molecular weight is 206 g/mol. The van der Waals surface area contributed by atoms with Crippen molar-refractivity contribution in [1.82, 2.24) is 0 Å². The monoisotopic (exact) mass is 206 g/mol. The SMILES string of the molecule is C1=CC[C]([Ti]2([C]3=CC=CC3)[CH2][CH2]2)=C1. The Hall–Kier alpha value is -0.326. The van der Waals surface area contributed by atoms with Crippen LogP contribution in [0.2, 0.25) is 9.45 Å². The van der Waals surface area contributed by atoms with Gasteiger partial charge in [-0.15, -0.1) is 0 Å². The Labute approximate surface area is 83.1 Å². The molecule has 0 radical (unpaired) electrons. The molecular weight excluding hydrogens is 192 g/mol. The van der Waals surface area contributed by atoms with Crippen LogP contribution < -0.4 is 0 Å². The molecule has 0 aromatic rings. The summed E-state index contributed by atoms with van der Waals surface area (Å²) in [6.45, 7) is 0. The van der Waals surface area contributed by atoms with E-state index in [2.05, 4.69) is 36.5 Å². The van der Waals surface area contributed by atoms with Crippen LogP contribution in [0.5, 0.6) is 0 Å². The van der Waals surface area contributed by atoms with Gasteiger partial charge in [-0.25, -0.2) is 0 Å². The van der Waals surface area contributed by atoms with E-state index in [1.807, 2.05) is 7.76 Å². The van der Waals surface area contributed by atoms with Gasteiger partial charge < -0.3 is 0 Å². The summed E-state index contributed by atoms with van der Waals surface area (Å²) in [4.78, 5) is 0. The fourth-order valence-corrected chi connectivity index (χ4v) is 10.1. The van der Waals surface area contributed by atoms with Gasteiger partial charge in [-0.3, -0.25) is 0 Å². The fourth-order valence-electron chi connectivity index (χ4n) is 2.58. The van der Waals surface area contributed by atoms with Gasteiger partial charge >= 0.3 is 83.1 Å². The van der Waals surface area contributed by atoms with Gasteiger partial charge in [0.2, 0.25) is 0 Å². The molecule has 13 heavy (non-hydrogen) atoms. The summed E-state index contributed by atoms with van der Waals surface area (Å²) >= 11 is -1.51. The molecule has 3 rings (SSSR count). The first-order valence-electron chi connectivity index (χ1n) is 5.14. The molecule has 1 heteroatoms. The average Bonchev–Trinajstić information content (AvgIpc) is 2.68. The third-order valence-electron chi connectivity index (χ3n) is 3.52. The van der Waals surface area contributed by atoms with Crippen molar-refractivity contribution in [3.05, 3.63) is 44.2 Å². The topological polar surface area (TPSA) is 0 Å². The maximum absolute atomic E-state index is 2.41. The molecule has 0 spiro atoms. The van der Waals surface area contributed by atoms with E-state index < -0.39 is 16.6 Å². The van der Waals surface area contributed by atoms with E-state index in [1.165, 1.54) is 12.8 Å². The second-order valence-electron chi connectivity index (χ2n) is 4.23. The zero-order chi connectivity index (χ0) is 8.73. The number of hydrogen-bond acceptors (Lipinski definition) is 0. The summed E-state index contributed by atoms with van der Waals surface area (Å²) in [5, 5.41) is 0. The summed E-state index contributed by atoms with van der Waals surface area (Å²) in [7, 11) is 0. The van der Waals surface area contributed by atoms with Crippen LogP contribution in [0.1, 0.15) is 12.8 Å². The molecule has 0 nitrogen and oxygen atoms in total. The van der Waals surface area contributed by atoms with Crippen LogP contribution in [-0.4, -0.2) is 0 Å². The standard InChI is InChI=1S/2C5H5.C2H4.Ti/c2*1-2-4-5-3-1;1-2;/h2*1-3H,4H2;1-2H2;. The predicted molar refractivity (Wildman–Crippen MR) is 53.3 cm³/mol. The molecule has 0 amide bonds. The molecular formula is C12H14Ti. The molecule has 0 atom stereocenters. The van der Waals surface area contributed by atoms with Crippen LogP contribution in [-0.2, 0) is 16.6 Å². The Bertz CT molecular complexity index is 319. The van der Waals surface area contributed by atoms with Gasteiger partial charge in [-0.2, -0.15) is 0 Å². The van der Waals surface area contributed by atoms with E-state index >= 15 is 0 Å². The minimum absolute atomic E-state index is 1.28. The molecule has 0 unspecified atom stereocenters. The third kappa shape index (κ3) is 1.16. The van der Waals surface area contributed by atoms with Crippen molar-refractivity contribution in [2.45, 2.75) is 22.3 Å². The number of hydrogen-bond donors (Lipinski definition) is 0. The van der Waals surface area contributed by atoms with Gasteiger partial charge in [0.05, 0.1) is 0 Å². The molecule has 0 saturated carbocycles. The van der Waals surface area contributed by atoms with Crippen LogP contribution in [0.4, 0.5) is 0 Å². The summed E-state index contributed by atoms with van der Waals surface area (Å²) in [5.74, 6) is 0. The van der Waals surface area contributed by atoms with Crippen LogP contribution in [0.25, 0.3) is 0 Å². The molecule has 66 valence electrons. The van der Waals surface area contributed by atoms with Crippen LogP contribution in [0, 0.1) is 0 Å². The zero-order valence-corrected chi connectivity index (χ0v) is 9.35. The molecule has 1 heterocycles. The molecule has 0 aromatic carbocycles. The molecule has 0 aromatic heterocycles. The first-order chi connectivity index (χ1) is 6.42. The molecule has 0 N–H and O–H groups in total. The van der Waals surface area contributed by atoms with E-state index in [1.54, 1.807) is 9.45 Å². The Morgan fingerprint density at radius 1 is 0.846 bits per heavy atom. The zero-order valence-electron chi connectivity index (χ0n) is 7.79. The number of rotatable bonds is 2. The Morgan fingerprint density at radius 2 is 1.38 bits per heavy atom. The molecule has 0 bridgehead atoms. The second-order valence-corrected chi connectivity index (χ2v) is 11.2. The summed E-state index contributed by atoms with van der Waals surface area (Å²) in [6, 6.07) is 0. The predicted octanol–water partition coefficient (Wildman–Crippen LogP) is 3.68. The Morgan fingerprint density at radius 3 is 1.69 bits per heavy atom. The quantitative estimate of drug-likeness (QED) is 0.604. The van der Waals surface area contributed by atoms with Gasteiger partial charge in [0.15, 0.2) is 0 Å². The Balaban J connectivity index is 1.89. The van der Waals surface area contributed by atoms with Gasteiger partial charge in [0.1, 0.15) is 0 Å². The van der Waals surface area contributed by atoms with Crippen molar-refractivity contribution < 1.29 is 16.6 Å². The van der Waals surface area contributed by atoms with Crippen molar-refractivity contribution in [3.63, 3.8) is 0 Å². The van der Waals surface area contributed by atoms with E-state index in [0.717, 1.165) is 0 Å². The van der Waals surface area contributed by atoms with Crippen LogP contribution in [0.15, 0.2) is 44.2 Å². The van der Waals surface area contributed by atoms with E-state index in [0.29, 0.717) is 0 Å². The first kappa shape index (κ1) is 8.02. The summed E-state index contributed by atoms with van der Waals surface area (Å²) in [5.41, 5.74) is 0. The molecule has 1 aliphatic heterocycles.